The molecule has 1 aromatic heterocycles. The SMILES string of the molecule is COCCCCCNCc1cccc(OC)n1. The van der Waals surface area contributed by atoms with Crippen molar-refractivity contribution in [3.05, 3.63) is 23.9 Å². The van der Waals surface area contributed by atoms with Crippen molar-refractivity contribution in [3.63, 3.8) is 0 Å². The van der Waals surface area contributed by atoms with E-state index >= 15 is 0 Å². The lowest BCUT2D eigenvalue weighted by molar-refractivity contribution is 0.192. The maximum atomic E-state index is 5.07. The minimum absolute atomic E-state index is 0.671. The van der Waals surface area contributed by atoms with Gasteiger partial charge in [0.1, 0.15) is 0 Å². The van der Waals surface area contributed by atoms with Crippen molar-refractivity contribution in [2.24, 2.45) is 0 Å². The van der Waals surface area contributed by atoms with Crippen molar-refractivity contribution in [1.29, 1.82) is 0 Å². The van der Waals surface area contributed by atoms with E-state index in [0.29, 0.717) is 5.88 Å². The standard InChI is InChI=1S/C13H22N2O2/c1-16-10-5-3-4-9-14-11-12-7-6-8-13(15-12)17-2/h6-8,14H,3-5,9-11H2,1-2H3. The van der Waals surface area contributed by atoms with E-state index in [1.807, 2.05) is 18.2 Å². The van der Waals surface area contributed by atoms with Crippen LogP contribution in [-0.2, 0) is 11.3 Å². The van der Waals surface area contributed by atoms with Crippen molar-refractivity contribution in [2.75, 3.05) is 27.4 Å². The summed E-state index contributed by atoms with van der Waals surface area (Å²) in [6, 6.07) is 5.82. The van der Waals surface area contributed by atoms with Crippen LogP contribution in [0.15, 0.2) is 18.2 Å². The average molecular weight is 238 g/mol. The van der Waals surface area contributed by atoms with Crippen LogP contribution >= 0.6 is 0 Å². The molecule has 1 N–H and O–H groups in total. The molecule has 4 heteroatoms. The van der Waals surface area contributed by atoms with Gasteiger partial charge >= 0.3 is 0 Å². The van der Waals surface area contributed by atoms with E-state index in [2.05, 4.69) is 10.3 Å². The molecule has 0 radical (unpaired) electrons. The molecule has 0 aliphatic rings. The molecule has 0 bridgehead atoms. The maximum absolute atomic E-state index is 5.07. The minimum Gasteiger partial charge on any atom is -0.481 e. The van der Waals surface area contributed by atoms with E-state index in [0.717, 1.165) is 31.8 Å². The Labute approximate surface area is 103 Å². The maximum Gasteiger partial charge on any atom is 0.213 e. The molecule has 0 atom stereocenters. The third-order valence-electron chi connectivity index (χ3n) is 2.50. The molecule has 4 nitrogen and oxygen atoms in total. The summed E-state index contributed by atoms with van der Waals surface area (Å²) in [7, 11) is 3.38. The van der Waals surface area contributed by atoms with Crippen LogP contribution in [0.4, 0.5) is 0 Å². The van der Waals surface area contributed by atoms with Crippen LogP contribution in [0.25, 0.3) is 0 Å². The van der Waals surface area contributed by atoms with Crippen LogP contribution in [0.1, 0.15) is 25.0 Å². The first-order valence-electron chi connectivity index (χ1n) is 6.06. The summed E-state index contributed by atoms with van der Waals surface area (Å²) < 4.78 is 10.1. The van der Waals surface area contributed by atoms with Crippen LogP contribution in [-0.4, -0.2) is 32.4 Å². The molecule has 0 aliphatic heterocycles. The van der Waals surface area contributed by atoms with Crippen LogP contribution in [0.3, 0.4) is 0 Å². The van der Waals surface area contributed by atoms with E-state index in [1.54, 1.807) is 14.2 Å². The monoisotopic (exact) mass is 238 g/mol. The predicted molar refractivity (Wildman–Crippen MR) is 68.2 cm³/mol. The molecule has 0 amide bonds. The fraction of sp³-hybridized carbons (Fsp3) is 0.615. The van der Waals surface area contributed by atoms with Gasteiger partial charge in [-0.2, -0.15) is 0 Å². The van der Waals surface area contributed by atoms with Gasteiger partial charge in [0.15, 0.2) is 0 Å². The second kappa shape index (κ2) is 8.96. The van der Waals surface area contributed by atoms with Crippen LogP contribution < -0.4 is 10.1 Å². The number of unbranched alkanes of at least 4 members (excludes halogenated alkanes) is 2. The van der Waals surface area contributed by atoms with Crippen molar-refractivity contribution in [2.45, 2.75) is 25.8 Å². The zero-order valence-corrected chi connectivity index (χ0v) is 10.7. The Kier molecular flexibility index (Phi) is 7.34. The van der Waals surface area contributed by atoms with E-state index in [-0.39, 0.29) is 0 Å². The van der Waals surface area contributed by atoms with Gasteiger partial charge in [0.05, 0.1) is 12.8 Å². The molecule has 17 heavy (non-hydrogen) atoms. The van der Waals surface area contributed by atoms with Gasteiger partial charge in [-0.25, -0.2) is 4.98 Å². The second-order valence-electron chi connectivity index (χ2n) is 3.90. The highest BCUT2D eigenvalue weighted by molar-refractivity contribution is 5.15. The largest absolute Gasteiger partial charge is 0.481 e. The summed E-state index contributed by atoms with van der Waals surface area (Å²) in [5.74, 6) is 0.671. The highest BCUT2D eigenvalue weighted by atomic mass is 16.5. The fourth-order valence-electron chi connectivity index (χ4n) is 1.56. The summed E-state index contributed by atoms with van der Waals surface area (Å²) >= 11 is 0. The van der Waals surface area contributed by atoms with Gasteiger partial charge in [-0.15, -0.1) is 0 Å². The van der Waals surface area contributed by atoms with Crippen molar-refractivity contribution >= 4 is 0 Å². The van der Waals surface area contributed by atoms with Gasteiger partial charge in [0.2, 0.25) is 5.88 Å². The molecular formula is C13H22N2O2. The fourth-order valence-corrected chi connectivity index (χ4v) is 1.56. The molecule has 0 aliphatic carbocycles. The van der Waals surface area contributed by atoms with Crippen LogP contribution in [0, 0.1) is 0 Å². The van der Waals surface area contributed by atoms with Gasteiger partial charge in [-0.05, 0) is 31.9 Å². The molecule has 0 spiro atoms. The molecule has 1 rings (SSSR count). The first-order valence-corrected chi connectivity index (χ1v) is 6.06. The third-order valence-corrected chi connectivity index (χ3v) is 2.50. The molecule has 0 saturated heterocycles. The van der Waals surface area contributed by atoms with Crippen molar-refractivity contribution < 1.29 is 9.47 Å². The molecular weight excluding hydrogens is 216 g/mol. The van der Waals surface area contributed by atoms with Crippen LogP contribution in [0.5, 0.6) is 5.88 Å². The Bertz CT molecular complexity index is 305. The average Bonchev–Trinajstić information content (AvgIpc) is 2.38. The molecule has 0 unspecified atom stereocenters. The summed E-state index contributed by atoms with van der Waals surface area (Å²) in [6.45, 7) is 2.67. The third kappa shape index (κ3) is 6.24. The zero-order chi connectivity index (χ0) is 12.3. The number of methoxy groups -OCH3 is 2. The normalized spacial score (nSPS) is 10.5. The van der Waals surface area contributed by atoms with Gasteiger partial charge in [-0.1, -0.05) is 6.07 Å². The second-order valence-corrected chi connectivity index (χ2v) is 3.90. The Morgan fingerprint density at radius 1 is 1.18 bits per heavy atom. The summed E-state index contributed by atoms with van der Waals surface area (Å²) in [5, 5.41) is 3.37. The summed E-state index contributed by atoms with van der Waals surface area (Å²) in [4.78, 5) is 4.33. The van der Waals surface area contributed by atoms with Gasteiger partial charge < -0.3 is 14.8 Å². The quantitative estimate of drug-likeness (QED) is 0.668. The number of nitrogens with zero attached hydrogens (tertiary/aromatic N) is 1. The van der Waals surface area contributed by atoms with Gasteiger partial charge in [0.25, 0.3) is 0 Å². The number of nitrogens with one attached hydrogen (secondary N) is 1. The number of hydrogen-bond donors (Lipinski definition) is 1. The Balaban J connectivity index is 2.09. The van der Waals surface area contributed by atoms with E-state index in [1.165, 1.54) is 12.8 Å². The first-order chi connectivity index (χ1) is 8.36. The Hall–Kier alpha value is -1.13. The van der Waals surface area contributed by atoms with Crippen molar-refractivity contribution in [3.8, 4) is 5.88 Å². The molecule has 0 aromatic carbocycles. The number of pyridine rings is 1. The smallest absolute Gasteiger partial charge is 0.213 e. The highest BCUT2D eigenvalue weighted by Gasteiger charge is 1.96. The lowest BCUT2D eigenvalue weighted by Crippen LogP contribution is -2.15. The molecule has 0 fully saturated rings. The topological polar surface area (TPSA) is 43.4 Å². The number of rotatable bonds is 9. The lowest BCUT2D eigenvalue weighted by atomic mass is 10.2. The molecule has 0 saturated carbocycles. The lowest BCUT2D eigenvalue weighted by Gasteiger charge is -2.05. The van der Waals surface area contributed by atoms with Gasteiger partial charge in [-0.3, -0.25) is 0 Å². The number of ether oxygens (including phenoxy) is 2. The van der Waals surface area contributed by atoms with E-state index < -0.39 is 0 Å². The molecule has 1 aromatic rings. The molecule has 96 valence electrons. The number of hydrogen-bond acceptors (Lipinski definition) is 4. The zero-order valence-electron chi connectivity index (χ0n) is 10.7. The number of aromatic nitrogens is 1. The van der Waals surface area contributed by atoms with E-state index in [4.69, 9.17) is 9.47 Å². The summed E-state index contributed by atoms with van der Waals surface area (Å²) in [5.41, 5.74) is 1.02. The van der Waals surface area contributed by atoms with Gasteiger partial charge in [0, 0.05) is 26.3 Å². The van der Waals surface area contributed by atoms with Crippen LogP contribution in [0.2, 0.25) is 0 Å². The summed E-state index contributed by atoms with van der Waals surface area (Å²) in [6.07, 6.45) is 3.51. The first kappa shape index (κ1) is 13.9. The van der Waals surface area contributed by atoms with E-state index in [9.17, 15) is 0 Å². The Morgan fingerprint density at radius 2 is 2.06 bits per heavy atom. The molecule has 1 heterocycles. The predicted octanol–water partition coefficient (Wildman–Crippen LogP) is 2.00. The Morgan fingerprint density at radius 3 is 2.82 bits per heavy atom. The minimum atomic E-state index is 0.671. The van der Waals surface area contributed by atoms with Crippen molar-refractivity contribution in [1.82, 2.24) is 10.3 Å². The highest BCUT2D eigenvalue weighted by Crippen LogP contribution is 2.06.